The lowest BCUT2D eigenvalue weighted by atomic mass is 10.1. The van der Waals surface area contributed by atoms with Crippen LogP contribution >= 0.6 is 11.6 Å². The molecule has 0 aliphatic heterocycles. The van der Waals surface area contributed by atoms with Gasteiger partial charge < -0.3 is 9.47 Å². The van der Waals surface area contributed by atoms with Gasteiger partial charge in [-0.15, -0.1) is 0 Å². The van der Waals surface area contributed by atoms with Crippen LogP contribution in [0.3, 0.4) is 0 Å². The summed E-state index contributed by atoms with van der Waals surface area (Å²) in [5.74, 6) is 0.893. The topological polar surface area (TPSA) is 38.1 Å². The van der Waals surface area contributed by atoms with E-state index in [1.165, 1.54) is 6.07 Å². The zero-order valence-corrected chi connectivity index (χ0v) is 15.5. The van der Waals surface area contributed by atoms with Crippen molar-refractivity contribution in [3.05, 3.63) is 52.8 Å². The molecule has 0 saturated heterocycles. The molecule has 1 heterocycles. The third-order valence-corrected chi connectivity index (χ3v) is 5.83. The fraction of sp³-hybridized carbons (Fsp3) is 0.500. The minimum atomic E-state index is -0.321. The lowest BCUT2D eigenvalue weighted by Crippen LogP contribution is -2.37. The van der Waals surface area contributed by atoms with Crippen molar-refractivity contribution in [1.29, 1.82) is 0 Å². The second-order valence-electron chi connectivity index (χ2n) is 7.35. The second-order valence-corrected chi connectivity index (χ2v) is 7.76. The van der Waals surface area contributed by atoms with Gasteiger partial charge in [-0.1, -0.05) is 30.5 Å². The molecule has 2 fully saturated rings. The fourth-order valence-corrected chi connectivity index (χ4v) is 4.04. The van der Waals surface area contributed by atoms with E-state index < -0.39 is 0 Å². The number of hydrogen-bond acceptors (Lipinski definition) is 2. The molecule has 1 amide bonds. The summed E-state index contributed by atoms with van der Waals surface area (Å²) in [7, 11) is 0. The van der Waals surface area contributed by atoms with Gasteiger partial charge in [0.25, 0.3) is 0 Å². The summed E-state index contributed by atoms with van der Waals surface area (Å²) in [6.07, 6.45) is 9.96. The molecule has 0 radical (unpaired) electrons. The maximum atomic E-state index is 14.1. The van der Waals surface area contributed by atoms with Gasteiger partial charge in [0.2, 0.25) is 5.91 Å². The molecule has 4 rings (SSSR count). The van der Waals surface area contributed by atoms with E-state index >= 15 is 0 Å². The van der Waals surface area contributed by atoms with Gasteiger partial charge in [0, 0.05) is 34.9 Å². The minimum Gasteiger partial charge on any atom is -0.332 e. The van der Waals surface area contributed by atoms with Gasteiger partial charge in [-0.05, 0) is 37.8 Å². The third-order valence-electron chi connectivity index (χ3n) is 5.48. The third kappa shape index (κ3) is 3.63. The highest BCUT2D eigenvalue weighted by Crippen LogP contribution is 2.34. The highest BCUT2D eigenvalue weighted by Gasteiger charge is 2.37. The van der Waals surface area contributed by atoms with E-state index in [2.05, 4.69) is 4.98 Å². The number of rotatable bonds is 6. The van der Waals surface area contributed by atoms with Crippen LogP contribution in [0.2, 0.25) is 5.02 Å². The lowest BCUT2D eigenvalue weighted by Gasteiger charge is -2.25. The molecular weight excluding hydrogens is 353 g/mol. The van der Waals surface area contributed by atoms with E-state index in [1.807, 2.05) is 15.7 Å². The Hall–Kier alpha value is -1.88. The van der Waals surface area contributed by atoms with Crippen LogP contribution in [-0.2, 0) is 17.9 Å². The Kier molecular flexibility index (Phi) is 4.98. The molecule has 4 nitrogen and oxygen atoms in total. The molecule has 2 saturated carbocycles. The van der Waals surface area contributed by atoms with Crippen molar-refractivity contribution >= 4 is 17.5 Å². The average molecular weight is 376 g/mol. The van der Waals surface area contributed by atoms with E-state index in [-0.39, 0.29) is 17.6 Å². The van der Waals surface area contributed by atoms with Crippen LogP contribution in [-0.4, -0.2) is 26.4 Å². The molecule has 2 aliphatic rings. The molecule has 6 heteroatoms. The number of benzene rings is 1. The summed E-state index contributed by atoms with van der Waals surface area (Å²) in [5.41, 5.74) is 0.452. The number of aromatic nitrogens is 2. The van der Waals surface area contributed by atoms with Crippen LogP contribution in [0, 0.1) is 11.7 Å². The van der Waals surface area contributed by atoms with Gasteiger partial charge in [0.15, 0.2) is 0 Å². The Morgan fingerprint density at radius 3 is 2.73 bits per heavy atom. The molecule has 0 unspecified atom stereocenters. The van der Waals surface area contributed by atoms with Crippen molar-refractivity contribution < 1.29 is 9.18 Å². The summed E-state index contributed by atoms with van der Waals surface area (Å²) >= 11 is 6.16. The number of carbonyl (C=O) groups excluding carboxylic acids is 1. The smallest absolute Gasteiger partial charge is 0.226 e. The Bertz CT molecular complexity index is 776. The number of amides is 1. The minimum absolute atomic E-state index is 0.167. The van der Waals surface area contributed by atoms with Crippen LogP contribution in [0.1, 0.15) is 49.9 Å². The van der Waals surface area contributed by atoms with Crippen molar-refractivity contribution in [3.8, 4) is 0 Å². The number of carbonyl (C=O) groups is 1. The highest BCUT2D eigenvalue weighted by molar-refractivity contribution is 6.31. The van der Waals surface area contributed by atoms with Crippen molar-refractivity contribution in [2.24, 2.45) is 5.92 Å². The van der Waals surface area contributed by atoms with Gasteiger partial charge in [-0.2, -0.15) is 0 Å². The normalized spacial score (nSPS) is 17.6. The molecule has 1 aromatic carbocycles. The lowest BCUT2D eigenvalue weighted by molar-refractivity contribution is -0.136. The summed E-state index contributed by atoms with van der Waals surface area (Å²) in [5, 5.41) is 0.408. The van der Waals surface area contributed by atoms with Crippen LogP contribution in [0.4, 0.5) is 4.39 Å². The van der Waals surface area contributed by atoms with Gasteiger partial charge in [0.05, 0.1) is 13.1 Å². The maximum Gasteiger partial charge on any atom is 0.226 e. The summed E-state index contributed by atoms with van der Waals surface area (Å²) in [4.78, 5) is 19.4. The SMILES string of the molecule is O=C(C1CCCC1)N(Cc1nccn1Cc1c(F)cccc1Cl)C1CC1. The summed E-state index contributed by atoms with van der Waals surface area (Å²) in [6, 6.07) is 5.05. The van der Waals surface area contributed by atoms with Gasteiger partial charge in [-0.3, -0.25) is 4.79 Å². The van der Waals surface area contributed by atoms with Crippen LogP contribution in [0.25, 0.3) is 0 Å². The monoisotopic (exact) mass is 375 g/mol. The van der Waals surface area contributed by atoms with Crippen LogP contribution in [0.15, 0.2) is 30.6 Å². The molecule has 2 aliphatic carbocycles. The standard InChI is InChI=1S/C20H23ClFN3O/c21-17-6-3-7-18(22)16(17)12-24-11-10-23-19(24)13-25(15-8-9-15)20(26)14-4-1-2-5-14/h3,6-7,10-11,14-15H,1-2,4-5,8-9,12-13H2. The maximum absolute atomic E-state index is 14.1. The van der Waals surface area contributed by atoms with Crippen LogP contribution in [0.5, 0.6) is 0 Å². The molecule has 138 valence electrons. The first-order valence-corrected chi connectivity index (χ1v) is 9.74. The molecule has 2 aromatic rings. The van der Waals surface area contributed by atoms with E-state index in [0.717, 1.165) is 44.3 Å². The average Bonchev–Trinajstić information content (AvgIpc) is 3.14. The van der Waals surface area contributed by atoms with Crippen LogP contribution < -0.4 is 0 Å². The molecule has 0 spiro atoms. The quantitative estimate of drug-likeness (QED) is 0.750. The van der Waals surface area contributed by atoms with E-state index in [0.29, 0.717) is 29.7 Å². The molecule has 0 bridgehead atoms. The molecule has 0 N–H and O–H groups in total. The summed E-state index contributed by atoms with van der Waals surface area (Å²) in [6.45, 7) is 0.802. The first kappa shape index (κ1) is 17.5. The van der Waals surface area contributed by atoms with Crippen molar-refractivity contribution in [2.75, 3.05) is 0 Å². The number of halogens is 2. The van der Waals surface area contributed by atoms with E-state index in [4.69, 9.17) is 11.6 Å². The molecule has 1 aromatic heterocycles. The Labute approximate surface area is 158 Å². The fourth-order valence-electron chi connectivity index (χ4n) is 3.82. The Morgan fingerprint density at radius 2 is 2.04 bits per heavy atom. The second kappa shape index (κ2) is 7.39. The Balaban J connectivity index is 1.53. The number of nitrogens with zero attached hydrogens (tertiary/aromatic N) is 3. The summed E-state index contributed by atoms with van der Waals surface area (Å²) < 4.78 is 16.0. The van der Waals surface area contributed by atoms with Gasteiger partial charge >= 0.3 is 0 Å². The van der Waals surface area contributed by atoms with Gasteiger partial charge in [0.1, 0.15) is 11.6 Å². The molecule has 26 heavy (non-hydrogen) atoms. The van der Waals surface area contributed by atoms with Gasteiger partial charge in [-0.25, -0.2) is 9.37 Å². The largest absolute Gasteiger partial charge is 0.332 e. The Morgan fingerprint density at radius 1 is 1.27 bits per heavy atom. The zero-order valence-electron chi connectivity index (χ0n) is 14.7. The van der Waals surface area contributed by atoms with Crippen molar-refractivity contribution in [3.63, 3.8) is 0 Å². The molecule has 0 atom stereocenters. The van der Waals surface area contributed by atoms with Crippen molar-refractivity contribution in [2.45, 2.75) is 57.7 Å². The predicted molar refractivity (Wildman–Crippen MR) is 98.3 cm³/mol. The highest BCUT2D eigenvalue weighted by atomic mass is 35.5. The first-order chi connectivity index (χ1) is 12.6. The first-order valence-electron chi connectivity index (χ1n) is 9.37. The number of hydrogen-bond donors (Lipinski definition) is 0. The number of imidazole rings is 1. The van der Waals surface area contributed by atoms with E-state index in [1.54, 1.807) is 18.3 Å². The molecular formula is C20H23ClFN3O. The predicted octanol–water partition coefficient (Wildman–Crippen LogP) is 4.41. The van der Waals surface area contributed by atoms with E-state index in [9.17, 15) is 9.18 Å². The zero-order chi connectivity index (χ0) is 18.1. The van der Waals surface area contributed by atoms with Crippen molar-refractivity contribution in [1.82, 2.24) is 14.5 Å².